The molecule has 0 unspecified atom stereocenters. The molecule has 20 heavy (non-hydrogen) atoms. The minimum atomic E-state index is -0.470. The maximum atomic E-state index is 12.4. The van der Waals surface area contributed by atoms with Gasteiger partial charge in [-0.1, -0.05) is 6.92 Å². The summed E-state index contributed by atoms with van der Waals surface area (Å²) in [6.07, 6.45) is 2.13. The lowest BCUT2D eigenvalue weighted by molar-refractivity contribution is -0.181. The van der Waals surface area contributed by atoms with Crippen LogP contribution < -0.4 is 5.73 Å². The van der Waals surface area contributed by atoms with Crippen LogP contribution in [0.15, 0.2) is 0 Å². The standard InChI is InChI=1S/C13H20N4O3/c1-2-9-10(14)11(16-15-9)12(18)17-5-3-13(4-6-17)19-7-8-20-13/h2-8,14H2,1H3,(H,15,16). The average molecular weight is 280 g/mol. The average Bonchev–Trinajstić information content (AvgIpc) is 3.06. The number of ether oxygens (including phenoxy) is 2. The lowest BCUT2D eigenvalue weighted by atomic mass is 10.0. The number of carbonyl (C=O) groups excluding carboxylic acids is 1. The molecule has 0 atom stereocenters. The predicted octanol–water partition coefficient (Wildman–Crippen LogP) is 0.533. The Morgan fingerprint density at radius 3 is 2.60 bits per heavy atom. The number of H-pyrrole nitrogens is 1. The van der Waals surface area contributed by atoms with E-state index >= 15 is 0 Å². The maximum absolute atomic E-state index is 12.4. The fraction of sp³-hybridized carbons (Fsp3) is 0.692. The van der Waals surface area contributed by atoms with Gasteiger partial charge in [-0.15, -0.1) is 0 Å². The number of nitrogen functional groups attached to an aromatic ring is 1. The van der Waals surface area contributed by atoms with Crippen molar-refractivity contribution in [3.63, 3.8) is 0 Å². The van der Waals surface area contributed by atoms with E-state index in [4.69, 9.17) is 15.2 Å². The zero-order valence-electron chi connectivity index (χ0n) is 11.6. The largest absolute Gasteiger partial charge is 0.395 e. The lowest BCUT2D eigenvalue weighted by Gasteiger charge is -2.37. The van der Waals surface area contributed by atoms with Crippen LogP contribution in [0.1, 0.15) is 35.9 Å². The monoisotopic (exact) mass is 280 g/mol. The minimum absolute atomic E-state index is 0.119. The second-order valence-electron chi connectivity index (χ2n) is 5.22. The first-order chi connectivity index (χ1) is 9.65. The van der Waals surface area contributed by atoms with Crippen LogP contribution in [0.5, 0.6) is 0 Å². The van der Waals surface area contributed by atoms with E-state index in [9.17, 15) is 4.79 Å². The number of nitrogens with zero attached hydrogens (tertiary/aromatic N) is 2. The molecule has 2 aliphatic heterocycles. The zero-order chi connectivity index (χ0) is 14.2. The molecule has 0 bridgehead atoms. The number of nitrogens with one attached hydrogen (secondary N) is 1. The molecule has 1 aromatic heterocycles. The normalized spacial score (nSPS) is 21.6. The van der Waals surface area contributed by atoms with Crippen molar-refractivity contribution in [2.45, 2.75) is 32.0 Å². The Morgan fingerprint density at radius 1 is 1.40 bits per heavy atom. The summed E-state index contributed by atoms with van der Waals surface area (Å²) < 4.78 is 11.3. The number of rotatable bonds is 2. The highest BCUT2D eigenvalue weighted by Crippen LogP contribution is 2.32. The van der Waals surface area contributed by atoms with Crippen molar-refractivity contribution >= 4 is 11.6 Å². The summed E-state index contributed by atoms with van der Waals surface area (Å²) in [4.78, 5) is 14.2. The van der Waals surface area contributed by atoms with E-state index in [2.05, 4.69) is 10.2 Å². The Bertz CT molecular complexity index is 498. The summed E-state index contributed by atoms with van der Waals surface area (Å²) in [5, 5.41) is 6.87. The molecule has 110 valence electrons. The van der Waals surface area contributed by atoms with Gasteiger partial charge < -0.3 is 20.1 Å². The van der Waals surface area contributed by atoms with Crippen molar-refractivity contribution < 1.29 is 14.3 Å². The smallest absolute Gasteiger partial charge is 0.276 e. The van der Waals surface area contributed by atoms with E-state index in [0.29, 0.717) is 50.5 Å². The molecule has 2 saturated heterocycles. The van der Waals surface area contributed by atoms with E-state index in [1.807, 2.05) is 6.92 Å². The second-order valence-corrected chi connectivity index (χ2v) is 5.22. The number of likely N-dealkylation sites (tertiary alicyclic amines) is 1. The van der Waals surface area contributed by atoms with Gasteiger partial charge in [-0.25, -0.2) is 0 Å². The van der Waals surface area contributed by atoms with Crippen LogP contribution in [0, 0.1) is 0 Å². The first-order valence-corrected chi connectivity index (χ1v) is 7.05. The molecule has 0 aromatic carbocycles. The van der Waals surface area contributed by atoms with Crippen LogP contribution in [-0.4, -0.2) is 53.1 Å². The SMILES string of the molecule is CCc1[nH]nc(C(=O)N2CCC3(CC2)OCCO3)c1N. The van der Waals surface area contributed by atoms with Gasteiger partial charge in [-0.3, -0.25) is 9.89 Å². The Kier molecular flexibility index (Phi) is 3.39. The van der Waals surface area contributed by atoms with Crippen molar-refractivity contribution in [2.75, 3.05) is 32.0 Å². The van der Waals surface area contributed by atoms with Crippen molar-refractivity contribution in [1.82, 2.24) is 15.1 Å². The number of piperidine rings is 1. The van der Waals surface area contributed by atoms with Crippen LogP contribution >= 0.6 is 0 Å². The summed E-state index contributed by atoms with van der Waals surface area (Å²) in [7, 11) is 0. The van der Waals surface area contributed by atoms with Crippen LogP contribution in [0.2, 0.25) is 0 Å². The summed E-state index contributed by atoms with van der Waals surface area (Å²) >= 11 is 0. The number of aromatic nitrogens is 2. The third-order valence-corrected chi connectivity index (χ3v) is 4.07. The van der Waals surface area contributed by atoms with Crippen LogP contribution in [0.25, 0.3) is 0 Å². The Morgan fingerprint density at radius 2 is 2.05 bits per heavy atom. The molecule has 0 aliphatic carbocycles. The highest BCUT2D eigenvalue weighted by Gasteiger charge is 2.41. The van der Waals surface area contributed by atoms with E-state index in [-0.39, 0.29) is 5.91 Å². The summed E-state index contributed by atoms with van der Waals surface area (Å²) in [5.41, 5.74) is 7.55. The topological polar surface area (TPSA) is 93.5 Å². The first-order valence-electron chi connectivity index (χ1n) is 7.05. The second kappa shape index (κ2) is 5.06. The van der Waals surface area contributed by atoms with Gasteiger partial charge >= 0.3 is 0 Å². The number of aromatic amines is 1. The van der Waals surface area contributed by atoms with Gasteiger partial charge in [0.05, 0.1) is 24.6 Å². The molecule has 1 spiro atoms. The molecule has 1 amide bonds. The van der Waals surface area contributed by atoms with Crippen molar-refractivity contribution in [2.24, 2.45) is 0 Å². The molecule has 1 aromatic rings. The van der Waals surface area contributed by atoms with Gasteiger partial charge in [-0.2, -0.15) is 5.10 Å². The molecule has 3 N–H and O–H groups in total. The van der Waals surface area contributed by atoms with Gasteiger partial charge in [0.25, 0.3) is 5.91 Å². The lowest BCUT2D eigenvalue weighted by Crippen LogP contribution is -2.47. The van der Waals surface area contributed by atoms with E-state index < -0.39 is 5.79 Å². The van der Waals surface area contributed by atoms with Gasteiger partial charge in [0.15, 0.2) is 11.5 Å². The first kappa shape index (κ1) is 13.4. The van der Waals surface area contributed by atoms with Gasteiger partial charge in [0.1, 0.15) is 0 Å². The van der Waals surface area contributed by atoms with Crippen molar-refractivity contribution in [3.8, 4) is 0 Å². The van der Waals surface area contributed by atoms with Crippen molar-refractivity contribution in [1.29, 1.82) is 0 Å². The number of carbonyl (C=O) groups is 1. The van der Waals surface area contributed by atoms with E-state index in [0.717, 1.165) is 12.1 Å². The molecule has 2 aliphatic rings. The molecule has 3 rings (SSSR count). The van der Waals surface area contributed by atoms with E-state index in [1.54, 1.807) is 4.90 Å². The predicted molar refractivity (Wildman–Crippen MR) is 72.2 cm³/mol. The number of aryl methyl sites for hydroxylation is 1. The number of hydrogen-bond acceptors (Lipinski definition) is 5. The molecular formula is C13H20N4O3. The molecule has 0 saturated carbocycles. The number of nitrogens with two attached hydrogens (primary N) is 1. The zero-order valence-corrected chi connectivity index (χ0v) is 11.6. The highest BCUT2D eigenvalue weighted by molar-refractivity contribution is 5.97. The molecule has 3 heterocycles. The number of hydrogen-bond donors (Lipinski definition) is 2. The Balaban J connectivity index is 1.68. The maximum Gasteiger partial charge on any atom is 0.276 e. The molecule has 2 fully saturated rings. The minimum Gasteiger partial charge on any atom is -0.395 e. The molecule has 0 radical (unpaired) electrons. The third-order valence-electron chi connectivity index (χ3n) is 4.07. The number of amides is 1. The van der Waals surface area contributed by atoms with Gasteiger partial charge in [0, 0.05) is 25.9 Å². The Hall–Kier alpha value is -1.60. The summed E-state index contributed by atoms with van der Waals surface area (Å²) in [5.74, 6) is -0.589. The van der Waals surface area contributed by atoms with Gasteiger partial charge in [0.2, 0.25) is 0 Å². The molecular weight excluding hydrogens is 260 g/mol. The third kappa shape index (κ3) is 2.16. The molecule has 7 nitrogen and oxygen atoms in total. The highest BCUT2D eigenvalue weighted by atomic mass is 16.7. The Labute approximate surface area is 117 Å². The number of anilines is 1. The fourth-order valence-corrected chi connectivity index (χ4v) is 2.81. The quantitative estimate of drug-likeness (QED) is 0.824. The van der Waals surface area contributed by atoms with Gasteiger partial charge in [-0.05, 0) is 6.42 Å². The molecule has 7 heteroatoms. The van der Waals surface area contributed by atoms with Crippen LogP contribution in [0.3, 0.4) is 0 Å². The van der Waals surface area contributed by atoms with E-state index in [1.165, 1.54) is 0 Å². The van der Waals surface area contributed by atoms with Crippen LogP contribution in [0.4, 0.5) is 5.69 Å². The van der Waals surface area contributed by atoms with Crippen molar-refractivity contribution in [3.05, 3.63) is 11.4 Å². The van der Waals surface area contributed by atoms with Crippen LogP contribution in [-0.2, 0) is 15.9 Å². The summed E-state index contributed by atoms with van der Waals surface area (Å²) in [6.45, 7) is 4.46. The summed E-state index contributed by atoms with van der Waals surface area (Å²) in [6, 6.07) is 0. The fourth-order valence-electron chi connectivity index (χ4n) is 2.81.